The molecule has 7 heteroatoms. The zero-order chi connectivity index (χ0) is 19.1. The average Bonchev–Trinajstić information content (AvgIpc) is 3.13. The molecule has 1 aromatic heterocycles. The van der Waals surface area contributed by atoms with Gasteiger partial charge in [0.1, 0.15) is 16.1 Å². The number of amides is 1. The van der Waals surface area contributed by atoms with Crippen LogP contribution < -0.4 is 10.1 Å². The lowest BCUT2D eigenvalue weighted by atomic mass is 10.1. The van der Waals surface area contributed by atoms with Crippen molar-refractivity contribution in [1.29, 1.82) is 0 Å². The molecule has 1 amide bonds. The van der Waals surface area contributed by atoms with Crippen LogP contribution in [0.25, 0.3) is 11.1 Å². The van der Waals surface area contributed by atoms with Crippen molar-refractivity contribution in [2.45, 2.75) is 25.1 Å². The predicted molar refractivity (Wildman–Crippen MR) is 110 cm³/mol. The second-order valence-corrected chi connectivity index (χ2v) is 7.67. The first-order valence-electron chi connectivity index (χ1n) is 8.67. The summed E-state index contributed by atoms with van der Waals surface area (Å²) in [4.78, 5) is 11.5. The molecule has 27 heavy (non-hydrogen) atoms. The largest absolute Gasteiger partial charge is 0.494 e. The Labute approximate surface area is 167 Å². The smallest absolute Gasteiger partial charge is 0.243 e. The Morgan fingerprint density at radius 2 is 1.81 bits per heavy atom. The van der Waals surface area contributed by atoms with Gasteiger partial charge in [0.15, 0.2) is 0 Å². The fraction of sp³-hybridized carbons (Fsp3) is 0.250. The average molecular weight is 402 g/mol. The van der Waals surface area contributed by atoms with E-state index in [1.54, 1.807) is 6.92 Å². The van der Waals surface area contributed by atoms with Gasteiger partial charge in [-0.3, -0.25) is 10.1 Å². The van der Waals surface area contributed by atoms with Crippen LogP contribution in [0.2, 0.25) is 0 Å². The molecule has 0 bridgehead atoms. The van der Waals surface area contributed by atoms with Crippen LogP contribution in [0.4, 0.5) is 5.13 Å². The van der Waals surface area contributed by atoms with Gasteiger partial charge in [0.2, 0.25) is 11.0 Å². The Morgan fingerprint density at radius 3 is 2.52 bits per heavy atom. The number of hydrogen-bond donors (Lipinski definition) is 1. The van der Waals surface area contributed by atoms with Crippen molar-refractivity contribution < 1.29 is 9.53 Å². The van der Waals surface area contributed by atoms with Crippen molar-refractivity contribution in [2.75, 3.05) is 11.9 Å². The van der Waals surface area contributed by atoms with Crippen LogP contribution in [0.15, 0.2) is 54.6 Å². The van der Waals surface area contributed by atoms with E-state index in [1.807, 2.05) is 30.3 Å². The minimum Gasteiger partial charge on any atom is -0.494 e. The molecule has 0 aliphatic heterocycles. The summed E-state index contributed by atoms with van der Waals surface area (Å²) in [7, 11) is 0. The summed E-state index contributed by atoms with van der Waals surface area (Å²) < 4.78 is 5.79. The van der Waals surface area contributed by atoms with E-state index >= 15 is 0 Å². The molecule has 0 aliphatic rings. The quantitative estimate of drug-likeness (QED) is 0.435. The van der Waals surface area contributed by atoms with E-state index in [2.05, 4.69) is 39.8 Å². The van der Waals surface area contributed by atoms with Gasteiger partial charge in [0.25, 0.3) is 0 Å². The van der Waals surface area contributed by atoms with Crippen LogP contribution in [0, 0.1) is 0 Å². The highest BCUT2D eigenvalue weighted by Crippen LogP contribution is 2.22. The van der Waals surface area contributed by atoms with Gasteiger partial charge in [-0.25, -0.2) is 0 Å². The van der Waals surface area contributed by atoms with E-state index in [0.29, 0.717) is 11.7 Å². The fourth-order valence-electron chi connectivity index (χ4n) is 2.40. The number of halogens is 1. The third kappa shape index (κ3) is 5.77. The normalized spacial score (nSPS) is 11.8. The number of ether oxygens (including phenoxy) is 1. The molecule has 1 atom stereocenters. The lowest BCUT2D eigenvalue weighted by Gasteiger charge is -2.07. The summed E-state index contributed by atoms with van der Waals surface area (Å²) in [6, 6.07) is 18.3. The molecule has 5 nitrogen and oxygen atoms in total. The van der Waals surface area contributed by atoms with Crippen molar-refractivity contribution in [3.63, 3.8) is 0 Å². The standard InChI is InChI=1S/C20H20ClN3O2S/c1-14(21)19(25)22-20-24-23-18(27-20)8-5-13-26-17-11-9-16(10-12-17)15-6-3-2-4-7-15/h2-4,6-7,9-12,14H,5,8,13H2,1H3,(H,22,24,25). The van der Waals surface area contributed by atoms with Crippen molar-refractivity contribution in [3.8, 4) is 16.9 Å². The molecular formula is C20H20ClN3O2S. The summed E-state index contributed by atoms with van der Waals surface area (Å²) in [5.74, 6) is 0.567. The number of nitrogens with one attached hydrogen (secondary N) is 1. The van der Waals surface area contributed by atoms with E-state index in [-0.39, 0.29) is 5.91 Å². The summed E-state index contributed by atoms with van der Waals surface area (Å²) in [6.07, 6.45) is 1.56. The third-order valence-electron chi connectivity index (χ3n) is 3.82. The maximum atomic E-state index is 11.5. The third-order valence-corrected chi connectivity index (χ3v) is 4.92. The highest BCUT2D eigenvalue weighted by Gasteiger charge is 2.12. The number of anilines is 1. The Hall–Kier alpha value is -2.44. The highest BCUT2D eigenvalue weighted by atomic mass is 35.5. The van der Waals surface area contributed by atoms with E-state index in [9.17, 15) is 4.79 Å². The molecule has 0 aliphatic carbocycles. The molecule has 1 heterocycles. The minimum absolute atomic E-state index is 0.276. The monoisotopic (exact) mass is 401 g/mol. The molecule has 3 rings (SSSR count). The van der Waals surface area contributed by atoms with Crippen LogP contribution in [-0.4, -0.2) is 28.1 Å². The molecule has 140 valence electrons. The minimum atomic E-state index is -0.598. The van der Waals surface area contributed by atoms with Gasteiger partial charge < -0.3 is 4.74 Å². The van der Waals surface area contributed by atoms with Crippen LogP contribution in [0.1, 0.15) is 18.4 Å². The fourth-order valence-corrected chi connectivity index (χ4v) is 3.24. The van der Waals surface area contributed by atoms with Gasteiger partial charge in [0.05, 0.1) is 6.61 Å². The molecule has 1 N–H and O–H groups in total. The van der Waals surface area contributed by atoms with Gasteiger partial charge in [-0.1, -0.05) is 53.8 Å². The van der Waals surface area contributed by atoms with Crippen molar-refractivity contribution in [2.24, 2.45) is 0 Å². The SMILES string of the molecule is CC(Cl)C(=O)Nc1nnc(CCCOc2ccc(-c3ccccc3)cc2)s1. The van der Waals surface area contributed by atoms with Gasteiger partial charge >= 0.3 is 0 Å². The predicted octanol–water partition coefficient (Wildman–Crippen LogP) is 4.78. The zero-order valence-corrected chi connectivity index (χ0v) is 16.5. The van der Waals surface area contributed by atoms with Gasteiger partial charge in [-0.15, -0.1) is 21.8 Å². The number of alkyl halides is 1. The summed E-state index contributed by atoms with van der Waals surface area (Å²) in [5, 5.41) is 11.4. The van der Waals surface area contributed by atoms with Crippen molar-refractivity contribution >= 4 is 34.0 Å². The Balaban J connectivity index is 1.43. The van der Waals surface area contributed by atoms with Gasteiger partial charge in [-0.05, 0) is 36.6 Å². The van der Waals surface area contributed by atoms with E-state index < -0.39 is 5.38 Å². The molecule has 0 saturated carbocycles. The van der Waals surface area contributed by atoms with Crippen LogP contribution in [-0.2, 0) is 11.2 Å². The van der Waals surface area contributed by atoms with Gasteiger partial charge in [0, 0.05) is 6.42 Å². The van der Waals surface area contributed by atoms with Crippen LogP contribution in [0.3, 0.4) is 0 Å². The summed E-state index contributed by atoms with van der Waals surface area (Å²) >= 11 is 7.07. The molecule has 1 unspecified atom stereocenters. The van der Waals surface area contributed by atoms with Gasteiger partial charge in [-0.2, -0.15) is 0 Å². The van der Waals surface area contributed by atoms with E-state index in [0.717, 1.165) is 29.2 Å². The lowest BCUT2D eigenvalue weighted by molar-refractivity contribution is -0.115. The second kappa shape index (κ2) is 9.48. The molecule has 0 saturated heterocycles. The topological polar surface area (TPSA) is 64.1 Å². The first-order valence-corrected chi connectivity index (χ1v) is 9.93. The Kier molecular flexibility index (Phi) is 6.79. The Bertz CT molecular complexity index is 866. The number of nitrogens with zero attached hydrogens (tertiary/aromatic N) is 2. The van der Waals surface area contributed by atoms with E-state index in [1.165, 1.54) is 16.9 Å². The number of carbonyl (C=O) groups is 1. The van der Waals surface area contributed by atoms with Crippen LogP contribution in [0.5, 0.6) is 5.75 Å². The molecule has 0 fully saturated rings. The Morgan fingerprint density at radius 1 is 1.11 bits per heavy atom. The number of aromatic nitrogens is 2. The van der Waals surface area contributed by atoms with E-state index in [4.69, 9.17) is 16.3 Å². The number of carbonyl (C=O) groups excluding carboxylic acids is 1. The number of benzene rings is 2. The first-order chi connectivity index (χ1) is 13.1. The zero-order valence-electron chi connectivity index (χ0n) is 14.9. The maximum Gasteiger partial charge on any atom is 0.243 e. The van der Waals surface area contributed by atoms with Crippen molar-refractivity contribution in [1.82, 2.24) is 10.2 Å². The summed E-state index contributed by atoms with van der Waals surface area (Å²) in [6.45, 7) is 2.20. The highest BCUT2D eigenvalue weighted by molar-refractivity contribution is 7.15. The molecule has 0 radical (unpaired) electrons. The maximum absolute atomic E-state index is 11.5. The lowest BCUT2D eigenvalue weighted by Crippen LogP contribution is -2.20. The first kappa shape index (κ1) is 19.3. The molecule has 3 aromatic rings. The van der Waals surface area contributed by atoms with Crippen LogP contribution >= 0.6 is 22.9 Å². The summed E-state index contributed by atoms with van der Waals surface area (Å²) in [5.41, 5.74) is 2.35. The van der Waals surface area contributed by atoms with Crippen molar-refractivity contribution in [3.05, 3.63) is 59.6 Å². The number of hydrogen-bond acceptors (Lipinski definition) is 5. The molecule has 2 aromatic carbocycles. The number of rotatable bonds is 8. The molecule has 0 spiro atoms. The molecular weight excluding hydrogens is 382 g/mol. The second-order valence-electron chi connectivity index (χ2n) is 5.95. The number of aryl methyl sites for hydroxylation is 1.